The number of hydrogen-bond acceptors (Lipinski definition) is 3. The average Bonchev–Trinajstić information content (AvgIpc) is 1.68. The van der Waals surface area contributed by atoms with Crippen molar-refractivity contribution >= 4 is 11.6 Å². The molecule has 0 aliphatic rings. The lowest BCUT2D eigenvalue weighted by Crippen LogP contribution is -2.29. The minimum atomic E-state index is -1.83. The minimum absolute atomic E-state index is 0.634. The Morgan fingerprint density at radius 2 is 1.57 bits per heavy atom. The van der Waals surface area contributed by atoms with E-state index in [2.05, 4.69) is 0 Å². The third-order valence-electron chi connectivity index (χ3n) is 0.485. The Morgan fingerprint density at radius 3 is 1.57 bits per heavy atom. The number of aliphatic hydroxyl groups excluding tert-OH is 2. The van der Waals surface area contributed by atoms with Gasteiger partial charge in [0.25, 0.3) is 0 Å². The number of hydrogen-bond donors (Lipinski definition) is 3. The molecule has 0 saturated carbocycles. The zero-order chi connectivity index (χ0) is 5.91. The van der Waals surface area contributed by atoms with Crippen molar-refractivity contribution in [3.05, 3.63) is 0 Å². The van der Waals surface area contributed by atoms with Crippen molar-refractivity contribution < 1.29 is 15.3 Å². The lowest BCUT2D eigenvalue weighted by molar-refractivity contribution is 0.0107. The molecule has 0 atom stereocenters. The molecule has 3 N–H and O–H groups in total. The van der Waals surface area contributed by atoms with Crippen LogP contribution in [0.1, 0.15) is 0 Å². The van der Waals surface area contributed by atoms with Crippen LogP contribution < -0.4 is 0 Å². The Bertz CT molecular complexity index is 48.1. The fraction of sp³-hybridized carbons (Fsp3) is 1.00. The zero-order valence-corrected chi connectivity index (χ0v) is 4.39. The van der Waals surface area contributed by atoms with Gasteiger partial charge in [0.1, 0.15) is 0 Å². The van der Waals surface area contributed by atoms with E-state index in [1.807, 2.05) is 0 Å². The molecule has 0 aromatic carbocycles. The quantitative estimate of drug-likeness (QED) is 0.412. The van der Waals surface area contributed by atoms with E-state index < -0.39 is 18.3 Å². The van der Waals surface area contributed by atoms with Crippen LogP contribution in [0.15, 0.2) is 0 Å². The summed E-state index contributed by atoms with van der Waals surface area (Å²) < 4.78 is 0. The van der Waals surface area contributed by atoms with Gasteiger partial charge in [0.15, 0.2) is 5.06 Å². The molecular weight excluding hydrogens is 119 g/mol. The highest BCUT2D eigenvalue weighted by Crippen LogP contribution is 2.05. The molecule has 0 heterocycles. The van der Waals surface area contributed by atoms with Crippen LogP contribution in [0.4, 0.5) is 0 Å². The number of alkyl halides is 1. The van der Waals surface area contributed by atoms with Crippen molar-refractivity contribution in [3.8, 4) is 0 Å². The van der Waals surface area contributed by atoms with Gasteiger partial charge in [0.2, 0.25) is 0 Å². The van der Waals surface area contributed by atoms with Crippen molar-refractivity contribution in [3.63, 3.8) is 0 Å². The number of rotatable bonds is 2. The second-order valence-electron chi connectivity index (χ2n) is 1.23. The summed E-state index contributed by atoms with van der Waals surface area (Å²) in [6.07, 6.45) is 0. The van der Waals surface area contributed by atoms with Gasteiger partial charge in [-0.2, -0.15) is 0 Å². The molecule has 0 fully saturated rings. The molecule has 3 nitrogen and oxygen atoms in total. The first kappa shape index (κ1) is 7.17. The fourth-order valence-electron chi connectivity index (χ4n) is 0.0500. The molecule has 0 saturated heterocycles. The molecule has 4 heteroatoms. The molecule has 0 aromatic heterocycles. The molecule has 0 aromatic rings. The molecule has 0 amide bonds. The van der Waals surface area contributed by atoms with Crippen molar-refractivity contribution in [2.24, 2.45) is 0 Å². The van der Waals surface area contributed by atoms with Crippen LogP contribution in [0.2, 0.25) is 0 Å². The molecule has 0 rings (SSSR count). The standard InChI is InChI=1S/C3H7ClO3/c4-3(7,1-5)2-6/h5-7H,1-2H2. The Kier molecular flexibility index (Phi) is 2.53. The topological polar surface area (TPSA) is 60.7 Å². The van der Waals surface area contributed by atoms with Gasteiger partial charge < -0.3 is 15.3 Å². The highest BCUT2D eigenvalue weighted by molar-refractivity contribution is 6.22. The summed E-state index contributed by atoms with van der Waals surface area (Å²) in [5.41, 5.74) is 0. The molecule has 0 spiro atoms. The molecular formula is C3H7ClO3. The van der Waals surface area contributed by atoms with Crippen LogP contribution in [0, 0.1) is 0 Å². The largest absolute Gasteiger partial charge is 0.392 e. The maximum atomic E-state index is 8.40. The predicted octanol–water partition coefficient (Wildman–Crippen LogP) is -1.10. The van der Waals surface area contributed by atoms with Gasteiger partial charge in [0, 0.05) is 0 Å². The Labute approximate surface area is 46.2 Å². The van der Waals surface area contributed by atoms with Crippen molar-refractivity contribution in [2.75, 3.05) is 13.2 Å². The van der Waals surface area contributed by atoms with E-state index >= 15 is 0 Å². The second kappa shape index (κ2) is 2.47. The lowest BCUT2D eigenvalue weighted by Gasteiger charge is -2.11. The lowest BCUT2D eigenvalue weighted by atomic mass is 10.4. The van der Waals surface area contributed by atoms with Gasteiger partial charge in [-0.15, -0.1) is 0 Å². The highest BCUT2D eigenvalue weighted by Gasteiger charge is 2.19. The summed E-state index contributed by atoms with van der Waals surface area (Å²) in [7, 11) is 0. The van der Waals surface area contributed by atoms with Gasteiger partial charge >= 0.3 is 0 Å². The van der Waals surface area contributed by atoms with Gasteiger partial charge in [-0.3, -0.25) is 0 Å². The fourth-order valence-corrected chi connectivity index (χ4v) is 0.0500. The van der Waals surface area contributed by atoms with Gasteiger partial charge in [-0.25, -0.2) is 0 Å². The number of aliphatic hydroxyl groups is 3. The summed E-state index contributed by atoms with van der Waals surface area (Å²) >= 11 is 4.96. The van der Waals surface area contributed by atoms with Crippen LogP contribution in [-0.4, -0.2) is 33.6 Å². The average molecular weight is 127 g/mol. The van der Waals surface area contributed by atoms with Crippen molar-refractivity contribution in [1.29, 1.82) is 0 Å². The first-order valence-corrected chi connectivity index (χ1v) is 2.13. The first-order chi connectivity index (χ1) is 3.12. The summed E-state index contributed by atoms with van der Waals surface area (Å²) in [5, 5.41) is 22.7. The van der Waals surface area contributed by atoms with Gasteiger partial charge in [0.05, 0.1) is 13.2 Å². The smallest absolute Gasteiger partial charge is 0.184 e. The van der Waals surface area contributed by atoms with E-state index in [1.165, 1.54) is 0 Å². The van der Waals surface area contributed by atoms with Crippen molar-refractivity contribution in [1.82, 2.24) is 0 Å². The third kappa shape index (κ3) is 2.82. The van der Waals surface area contributed by atoms with E-state index in [-0.39, 0.29) is 0 Å². The number of halogens is 1. The van der Waals surface area contributed by atoms with Gasteiger partial charge in [-0.1, -0.05) is 11.6 Å². The molecule has 7 heavy (non-hydrogen) atoms. The zero-order valence-electron chi connectivity index (χ0n) is 3.63. The minimum Gasteiger partial charge on any atom is -0.392 e. The highest BCUT2D eigenvalue weighted by atomic mass is 35.5. The summed E-state index contributed by atoms with van der Waals surface area (Å²) in [4.78, 5) is 0. The summed E-state index contributed by atoms with van der Waals surface area (Å²) in [5.74, 6) is 0. The van der Waals surface area contributed by atoms with E-state index in [0.717, 1.165) is 0 Å². The Hall–Kier alpha value is 0.170. The van der Waals surface area contributed by atoms with E-state index in [1.54, 1.807) is 0 Å². The third-order valence-corrected chi connectivity index (χ3v) is 0.724. The molecule has 0 aliphatic heterocycles. The molecule has 0 aliphatic carbocycles. The molecule has 0 radical (unpaired) electrons. The van der Waals surface area contributed by atoms with E-state index in [0.29, 0.717) is 0 Å². The summed E-state index contributed by atoms with van der Waals surface area (Å²) in [6.45, 7) is -1.27. The Balaban J connectivity index is 3.36. The van der Waals surface area contributed by atoms with Crippen LogP contribution in [0.3, 0.4) is 0 Å². The van der Waals surface area contributed by atoms with E-state index in [9.17, 15) is 0 Å². The normalized spacial score (nSPS) is 12.0. The first-order valence-electron chi connectivity index (χ1n) is 1.75. The maximum Gasteiger partial charge on any atom is 0.184 e. The van der Waals surface area contributed by atoms with Crippen LogP contribution in [0.25, 0.3) is 0 Å². The SMILES string of the molecule is OCC(O)(Cl)CO. The Morgan fingerprint density at radius 1 is 1.29 bits per heavy atom. The summed E-state index contributed by atoms with van der Waals surface area (Å²) in [6, 6.07) is 0. The van der Waals surface area contributed by atoms with Crippen molar-refractivity contribution in [2.45, 2.75) is 5.06 Å². The maximum absolute atomic E-state index is 8.40. The van der Waals surface area contributed by atoms with Gasteiger partial charge in [-0.05, 0) is 0 Å². The molecule has 0 unspecified atom stereocenters. The van der Waals surface area contributed by atoms with Crippen LogP contribution in [0.5, 0.6) is 0 Å². The van der Waals surface area contributed by atoms with Crippen LogP contribution in [-0.2, 0) is 0 Å². The monoisotopic (exact) mass is 126 g/mol. The molecule has 44 valence electrons. The molecule has 0 bridgehead atoms. The van der Waals surface area contributed by atoms with E-state index in [4.69, 9.17) is 26.9 Å². The van der Waals surface area contributed by atoms with Crippen LogP contribution >= 0.6 is 11.6 Å². The predicted molar refractivity (Wildman–Crippen MR) is 25.0 cm³/mol. The second-order valence-corrected chi connectivity index (χ2v) is 1.94.